The maximum atomic E-state index is 4.38. The van der Waals surface area contributed by atoms with Crippen LogP contribution in [-0.4, -0.2) is 16.3 Å². The lowest BCUT2D eigenvalue weighted by Crippen LogP contribution is -2.21. The lowest BCUT2D eigenvalue weighted by molar-refractivity contribution is 0.514. The van der Waals surface area contributed by atoms with Crippen molar-refractivity contribution in [2.75, 3.05) is 6.54 Å². The molecule has 0 amide bonds. The molecule has 0 saturated heterocycles. The number of rotatable bonds is 7. The van der Waals surface area contributed by atoms with Crippen LogP contribution in [0.3, 0.4) is 0 Å². The molecule has 0 fully saturated rings. The standard InChI is InChI=1S/C17H25N3/c1-4-18-17(16-12-19-20(5-2)13-16)10-9-15-8-6-7-14(3)11-15/h6-8,11-13,17-18H,4-5,9-10H2,1-3H3. The average molecular weight is 271 g/mol. The van der Waals surface area contributed by atoms with Crippen LogP contribution in [0.4, 0.5) is 0 Å². The van der Waals surface area contributed by atoms with E-state index in [1.54, 1.807) is 0 Å². The van der Waals surface area contributed by atoms with Crippen molar-refractivity contribution in [3.63, 3.8) is 0 Å². The third-order valence-corrected chi connectivity index (χ3v) is 3.63. The molecule has 0 aliphatic heterocycles. The molecule has 0 bridgehead atoms. The molecule has 108 valence electrons. The molecular formula is C17H25N3. The van der Waals surface area contributed by atoms with E-state index in [0.717, 1.165) is 25.9 Å². The first-order valence-electron chi connectivity index (χ1n) is 7.54. The van der Waals surface area contributed by atoms with Crippen LogP contribution >= 0.6 is 0 Å². The molecule has 3 heteroatoms. The second-order valence-electron chi connectivity index (χ2n) is 5.27. The van der Waals surface area contributed by atoms with E-state index in [2.05, 4.69) is 61.6 Å². The maximum Gasteiger partial charge on any atom is 0.0537 e. The summed E-state index contributed by atoms with van der Waals surface area (Å²) in [6.45, 7) is 8.33. The second-order valence-corrected chi connectivity index (χ2v) is 5.27. The summed E-state index contributed by atoms with van der Waals surface area (Å²) in [5.74, 6) is 0. The molecular weight excluding hydrogens is 246 g/mol. The highest BCUT2D eigenvalue weighted by Crippen LogP contribution is 2.19. The molecule has 0 radical (unpaired) electrons. The summed E-state index contributed by atoms with van der Waals surface area (Å²) < 4.78 is 1.99. The van der Waals surface area contributed by atoms with E-state index in [-0.39, 0.29) is 0 Å². The number of aryl methyl sites for hydroxylation is 3. The van der Waals surface area contributed by atoms with Crippen molar-refractivity contribution in [3.8, 4) is 0 Å². The fourth-order valence-electron chi connectivity index (χ4n) is 2.54. The molecule has 3 nitrogen and oxygen atoms in total. The van der Waals surface area contributed by atoms with Gasteiger partial charge in [0.15, 0.2) is 0 Å². The van der Waals surface area contributed by atoms with E-state index in [9.17, 15) is 0 Å². The number of hydrogen-bond donors (Lipinski definition) is 1. The highest BCUT2D eigenvalue weighted by atomic mass is 15.3. The largest absolute Gasteiger partial charge is 0.310 e. The number of hydrogen-bond acceptors (Lipinski definition) is 2. The van der Waals surface area contributed by atoms with Crippen LogP contribution < -0.4 is 5.32 Å². The van der Waals surface area contributed by atoms with Gasteiger partial charge in [0.2, 0.25) is 0 Å². The van der Waals surface area contributed by atoms with Gasteiger partial charge in [0.05, 0.1) is 6.20 Å². The molecule has 0 spiro atoms. The first kappa shape index (κ1) is 14.8. The molecule has 0 aliphatic carbocycles. The molecule has 1 aromatic heterocycles. The quantitative estimate of drug-likeness (QED) is 0.835. The monoisotopic (exact) mass is 271 g/mol. The normalized spacial score (nSPS) is 12.6. The predicted molar refractivity (Wildman–Crippen MR) is 83.8 cm³/mol. The topological polar surface area (TPSA) is 29.9 Å². The van der Waals surface area contributed by atoms with Crippen LogP contribution in [0.1, 0.15) is 43.0 Å². The summed E-state index contributed by atoms with van der Waals surface area (Å²) in [6, 6.07) is 9.17. The van der Waals surface area contributed by atoms with Gasteiger partial charge in [-0.1, -0.05) is 36.8 Å². The van der Waals surface area contributed by atoms with Crippen molar-refractivity contribution in [1.82, 2.24) is 15.1 Å². The van der Waals surface area contributed by atoms with Gasteiger partial charge in [0.25, 0.3) is 0 Å². The fourth-order valence-corrected chi connectivity index (χ4v) is 2.54. The minimum atomic E-state index is 0.390. The summed E-state index contributed by atoms with van der Waals surface area (Å²) in [7, 11) is 0. The molecule has 1 unspecified atom stereocenters. The van der Waals surface area contributed by atoms with E-state index < -0.39 is 0 Å². The molecule has 2 aromatic rings. The maximum absolute atomic E-state index is 4.38. The van der Waals surface area contributed by atoms with Crippen molar-refractivity contribution in [3.05, 3.63) is 53.3 Å². The minimum absolute atomic E-state index is 0.390. The SMILES string of the molecule is CCNC(CCc1cccc(C)c1)c1cnn(CC)c1. The second kappa shape index (κ2) is 7.25. The van der Waals surface area contributed by atoms with Crippen molar-refractivity contribution in [1.29, 1.82) is 0 Å². The van der Waals surface area contributed by atoms with E-state index in [4.69, 9.17) is 0 Å². The van der Waals surface area contributed by atoms with Gasteiger partial charge in [-0.2, -0.15) is 5.10 Å². The lowest BCUT2D eigenvalue weighted by atomic mass is 10.0. The Balaban J connectivity index is 2.02. The first-order chi connectivity index (χ1) is 9.72. The van der Waals surface area contributed by atoms with Crippen LogP contribution in [0.15, 0.2) is 36.7 Å². The van der Waals surface area contributed by atoms with Crippen molar-refractivity contribution in [2.45, 2.75) is 46.2 Å². The smallest absolute Gasteiger partial charge is 0.0537 e. The molecule has 0 aliphatic rings. The molecule has 20 heavy (non-hydrogen) atoms. The average Bonchev–Trinajstić information content (AvgIpc) is 2.92. The van der Waals surface area contributed by atoms with Gasteiger partial charge in [-0.15, -0.1) is 0 Å². The van der Waals surface area contributed by atoms with Crippen LogP contribution in [0.2, 0.25) is 0 Å². The van der Waals surface area contributed by atoms with E-state index in [0.29, 0.717) is 6.04 Å². The zero-order valence-electron chi connectivity index (χ0n) is 12.8. The molecule has 0 saturated carbocycles. The Hall–Kier alpha value is -1.61. The van der Waals surface area contributed by atoms with Crippen LogP contribution in [0.5, 0.6) is 0 Å². The molecule has 1 N–H and O–H groups in total. The van der Waals surface area contributed by atoms with Gasteiger partial charge < -0.3 is 5.32 Å². The summed E-state index contributed by atoms with van der Waals surface area (Å²) in [5, 5.41) is 7.95. The molecule has 1 heterocycles. The molecule has 1 atom stereocenters. The van der Waals surface area contributed by atoms with Gasteiger partial charge in [-0.25, -0.2) is 0 Å². The number of benzene rings is 1. The minimum Gasteiger partial charge on any atom is -0.310 e. The number of nitrogens with one attached hydrogen (secondary N) is 1. The van der Waals surface area contributed by atoms with Gasteiger partial charge in [0, 0.05) is 24.3 Å². The Morgan fingerprint density at radius 2 is 2.15 bits per heavy atom. The Morgan fingerprint density at radius 1 is 1.30 bits per heavy atom. The summed E-state index contributed by atoms with van der Waals surface area (Å²) in [5.41, 5.74) is 4.04. The van der Waals surface area contributed by atoms with Gasteiger partial charge in [-0.05, 0) is 38.8 Å². The number of aromatic nitrogens is 2. The van der Waals surface area contributed by atoms with Crippen LogP contribution in [-0.2, 0) is 13.0 Å². The van der Waals surface area contributed by atoms with Gasteiger partial charge in [-0.3, -0.25) is 4.68 Å². The van der Waals surface area contributed by atoms with Crippen molar-refractivity contribution < 1.29 is 0 Å². The van der Waals surface area contributed by atoms with Crippen molar-refractivity contribution >= 4 is 0 Å². The molecule has 2 rings (SSSR count). The Morgan fingerprint density at radius 3 is 2.80 bits per heavy atom. The summed E-state index contributed by atoms with van der Waals surface area (Å²) in [4.78, 5) is 0. The highest BCUT2D eigenvalue weighted by molar-refractivity contribution is 5.23. The fraction of sp³-hybridized carbons (Fsp3) is 0.471. The zero-order chi connectivity index (χ0) is 14.4. The van der Waals surface area contributed by atoms with Crippen molar-refractivity contribution in [2.24, 2.45) is 0 Å². The Labute approximate surface area is 122 Å². The number of nitrogens with zero attached hydrogens (tertiary/aromatic N) is 2. The first-order valence-corrected chi connectivity index (χ1v) is 7.54. The Kier molecular flexibility index (Phi) is 5.36. The third-order valence-electron chi connectivity index (χ3n) is 3.63. The van der Waals surface area contributed by atoms with Crippen LogP contribution in [0, 0.1) is 6.92 Å². The third kappa shape index (κ3) is 3.94. The summed E-state index contributed by atoms with van der Waals surface area (Å²) in [6.07, 6.45) is 6.35. The van der Waals surface area contributed by atoms with E-state index in [1.807, 2.05) is 10.9 Å². The van der Waals surface area contributed by atoms with Gasteiger partial charge >= 0.3 is 0 Å². The van der Waals surface area contributed by atoms with Gasteiger partial charge in [0.1, 0.15) is 0 Å². The Bertz CT molecular complexity index is 531. The predicted octanol–water partition coefficient (Wildman–Crippen LogP) is 3.49. The highest BCUT2D eigenvalue weighted by Gasteiger charge is 2.12. The van der Waals surface area contributed by atoms with Crippen LogP contribution in [0.25, 0.3) is 0 Å². The lowest BCUT2D eigenvalue weighted by Gasteiger charge is -2.16. The van der Waals surface area contributed by atoms with E-state index in [1.165, 1.54) is 16.7 Å². The summed E-state index contributed by atoms with van der Waals surface area (Å²) >= 11 is 0. The zero-order valence-corrected chi connectivity index (χ0v) is 12.8. The van der Waals surface area contributed by atoms with E-state index >= 15 is 0 Å². The molecule has 1 aromatic carbocycles.